The molecule has 1 fully saturated rings. The predicted octanol–water partition coefficient (Wildman–Crippen LogP) is 1.60. The van der Waals surface area contributed by atoms with Crippen molar-refractivity contribution < 1.29 is 32.6 Å². The van der Waals surface area contributed by atoms with Gasteiger partial charge in [-0.05, 0) is 37.5 Å². The van der Waals surface area contributed by atoms with E-state index in [1.165, 1.54) is 25.3 Å². The SMILES string of the molecule is CCOC(=O)c1ccc(OC)c(S(=O)(=O)N2CC(C)CC(C(=O)O)C2)c1. The summed E-state index contributed by atoms with van der Waals surface area (Å²) in [5.41, 5.74) is 0.0890. The van der Waals surface area contributed by atoms with Gasteiger partial charge in [-0.1, -0.05) is 6.92 Å². The lowest BCUT2D eigenvalue weighted by Crippen LogP contribution is -2.45. The van der Waals surface area contributed by atoms with Crippen molar-refractivity contribution in [3.8, 4) is 5.75 Å². The lowest BCUT2D eigenvalue weighted by molar-refractivity contribution is -0.143. The van der Waals surface area contributed by atoms with E-state index in [0.717, 1.165) is 4.31 Å². The molecule has 0 radical (unpaired) electrons. The fraction of sp³-hybridized carbons (Fsp3) is 0.529. The molecule has 9 heteroatoms. The van der Waals surface area contributed by atoms with Crippen molar-refractivity contribution >= 4 is 22.0 Å². The molecular formula is C17H23NO7S. The normalized spacial score (nSPS) is 21.2. The number of ether oxygens (including phenoxy) is 2. The van der Waals surface area contributed by atoms with Gasteiger partial charge in [0.1, 0.15) is 10.6 Å². The van der Waals surface area contributed by atoms with Gasteiger partial charge in [-0.3, -0.25) is 4.79 Å². The summed E-state index contributed by atoms with van der Waals surface area (Å²) in [7, 11) is -2.71. The molecule has 0 aliphatic carbocycles. The number of hydrogen-bond donors (Lipinski definition) is 1. The summed E-state index contributed by atoms with van der Waals surface area (Å²) < 4.78 is 37.4. The van der Waals surface area contributed by atoms with Crippen LogP contribution in [0.15, 0.2) is 23.1 Å². The van der Waals surface area contributed by atoms with E-state index in [1.54, 1.807) is 6.92 Å². The highest BCUT2D eigenvalue weighted by atomic mass is 32.2. The number of piperidine rings is 1. The molecule has 0 spiro atoms. The van der Waals surface area contributed by atoms with E-state index in [0.29, 0.717) is 6.42 Å². The highest BCUT2D eigenvalue weighted by Crippen LogP contribution is 2.32. The fourth-order valence-corrected chi connectivity index (χ4v) is 4.82. The molecule has 1 saturated heterocycles. The molecule has 0 amide bonds. The van der Waals surface area contributed by atoms with E-state index in [-0.39, 0.29) is 41.8 Å². The summed E-state index contributed by atoms with van der Waals surface area (Å²) in [6, 6.07) is 4.02. The van der Waals surface area contributed by atoms with Gasteiger partial charge in [0.05, 0.1) is 25.2 Å². The Morgan fingerprint density at radius 3 is 2.58 bits per heavy atom. The fourth-order valence-electron chi connectivity index (χ4n) is 3.04. The zero-order valence-electron chi connectivity index (χ0n) is 15.0. The number of rotatable bonds is 6. The number of carboxylic acids is 1. The first-order chi connectivity index (χ1) is 12.2. The minimum absolute atomic E-state index is 0.0863. The van der Waals surface area contributed by atoms with Gasteiger partial charge in [-0.15, -0.1) is 0 Å². The number of carbonyl (C=O) groups excluding carboxylic acids is 1. The van der Waals surface area contributed by atoms with Crippen LogP contribution >= 0.6 is 0 Å². The van der Waals surface area contributed by atoms with Gasteiger partial charge in [0.25, 0.3) is 0 Å². The van der Waals surface area contributed by atoms with Gasteiger partial charge in [0.2, 0.25) is 10.0 Å². The van der Waals surface area contributed by atoms with E-state index in [1.807, 2.05) is 6.92 Å². The maximum absolute atomic E-state index is 13.1. The van der Waals surface area contributed by atoms with E-state index >= 15 is 0 Å². The average molecular weight is 385 g/mol. The number of methoxy groups -OCH3 is 1. The Morgan fingerprint density at radius 1 is 1.31 bits per heavy atom. The highest BCUT2D eigenvalue weighted by Gasteiger charge is 2.37. The Labute approximate surface area is 152 Å². The molecular weight excluding hydrogens is 362 g/mol. The molecule has 1 aromatic carbocycles. The topological polar surface area (TPSA) is 110 Å². The van der Waals surface area contributed by atoms with E-state index in [4.69, 9.17) is 9.47 Å². The van der Waals surface area contributed by atoms with Crippen molar-refractivity contribution in [2.45, 2.75) is 25.2 Å². The van der Waals surface area contributed by atoms with Crippen molar-refractivity contribution in [3.05, 3.63) is 23.8 Å². The predicted molar refractivity (Wildman–Crippen MR) is 92.6 cm³/mol. The minimum atomic E-state index is -4.04. The van der Waals surface area contributed by atoms with Gasteiger partial charge in [-0.2, -0.15) is 4.31 Å². The average Bonchev–Trinajstić information content (AvgIpc) is 2.60. The molecule has 2 atom stereocenters. The third-order valence-electron chi connectivity index (χ3n) is 4.27. The quantitative estimate of drug-likeness (QED) is 0.741. The van der Waals surface area contributed by atoms with Gasteiger partial charge < -0.3 is 14.6 Å². The molecule has 0 aromatic heterocycles. The standard InChI is InChI=1S/C17H23NO7S/c1-4-25-17(21)12-5-6-14(24-3)15(8-12)26(22,23)18-9-11(2)7-13(10-18)16(19)20/h5-6,8,11,13H,4,7,9-10H2,1-3H3,(H,19,20). The minimum Gasteiger partial charge on any atom is -0.495 e. The summed E-state index contributed by atoms with van der Waals surface area (Å²) in [5, 5.41) is 9.28. The third-order valence-corrected chi connectivity index (χ3v) is 6.12. The van der Waals surface area contributed by atoms with Crippen LogP contribution in [0.2, 0.25) is 0 Å². The lowest BCUT2D eigenvalue weighted by Gasteiger charge is -2.34. The van der Waals surface area contributed by atoms with Crippen LogP contribution < -0.4 is 4.74 Å². The molecule has 1 heterocycles. The van der Waals surface area contributed by atoms with Crippen molar-refractivity contribution in [1.29, 1.82) is 0 Å². The molecule has 1 aliphatic heterocycles. The molecule has 144 valence electrons. The van der Waals surface area contributed by atoms with Crippen LogP contribution in [0.1, 0.15) is 30.6 Å². The molecule has 2 unspecified atom stereocenters. The second-order valence-electron chi connectivity index (χ2n) is 6.28. The van der Waals surface area contributed by atoms with Gasteiger partial charge in [0, 0.05) is 13.1 Å². The third kappa shape index (κ3) is 4.16. The smallest absolute Gasteiger partial charge is 0.338 e. The van der Waals surface area contributed by atoms with E-state index < -0.39 is 27.9 Å². The van der Waals surface area contributed by atoms with Crippen LogP contribution in [-0.2, 0) is 19.6 Å². The van der Waals surface area contributed by atoms with Gasteiger partial charge in [0.15, 0.2) is 0 Å². The van der Waals surface area contributed by atoms with Gasteiger partial charge in [-0.25, -0.2) is 13.2 Å². The summed E-state index contributed by atoms with van der Waals surface area (Å²) in [4.78, 5) is 23.1. The van der Waals surface area contributed by atoms with Crippen LogP contribution in [0.3, 0.4) is 0 Å². The zero-order valence-corrected chi connectivity index (χ0v) is 15.8. The van der Waals surface area contributed by atoms with Crippen molar-refractivity contribution in [2.24, 2.45) is 11.8 Å². The number of carbonyl (C=O) groups is 2. The molecule has 1 N–H and O–H groups in total. The zero-order chi connectivity index (χ0) is 19.5. The second-order valence-corrected chi connectivity index (χ2v) is 8.19. The number of aliphatic carboxylic acids is 1. The van der Waals surface area contributed by atoms with Crippen LogP contribution in [0, 0.1) is 11.8 Å². The number of sulfonamides is 1. The Balaban J connectivity index is 2.45. The molecule has 1 aliphatic rings. The van der Waals surface area contributed by atoms with Crippen molar-refractivity contribution in [1.82, 2.24) is 4.31 Å². The summed E-state index contributed by atoms with van der Waals surface area (Å²) in [6.07, 6.45) is 0.418. The first-order valence-electron chi connectivity index (χ1n) is 8.28. The first kappa shape index (κ1) is 20.2. The Kier molecular flexibility index (Phi) is 6.25. The van der Waals surface area contributed by atoms with Gasteiger partial charge >= 0.3 is 11.9 Å². The highest BCUT2D eigenvalue weighted by molar-refractivity contribution is 7.89. The summed E-state index contributed by atoms with van der Waals surface area (Å²) in [6.45, 7) is 3.72. The molecule has 2 rings (SSSR count). The van der Waals surface area contributed by atoms with Crippen LogP contribution in [-0.4, -0.2) is 56.6 Å². The lowest BCUT2D eigenvalue weighted by atomic mass is 9.92. The molecule has 26 heavy (non-hydrogen) atoms. The Hall–Kier alpha value is -2.13. The molecule has 8 nitrogen and oxygen atoms in total. The maximum Gasteiger partial charge on any atom is 0.338 e. The number of nitrogens with zero attached hydrogens (tertiary/aromatic N) is 1. The first-order valence-corrected chi connectivity index (χ1v) is 9.72. The molecule has 0 bridgehead atoms. The number of hydrogen-bond acceptors (Lipinski definition) is 6. The van der Waals surface area contributed by atoms with Crippen molar-refractivity contribution in [2.75, 3.05) is 26.8 Å². The maximum atomic E-state index is 13.1. The summed E-state index contributed by atoms with van der Waals surface area (Å²) in [5.74, 6) is -2.44. The molecule has 1 aromatic rings. The van der Waals surface area contributed by atoms with E-state index in [9.17, 15) is 23.1 Å². The van der Waals surface area contributed by atoms with Crippen LogP contribution in [0.4, 0.5) is 0 Å². The monoisotopic (exact) mass is 385 g/mol. The van der Waals surface area contributed by atoms with Crippen molar-refractivity contribution in [3.63, 3.8) is 0 Å². The number of benzene rings is 1. The van der Waals surface area contributed by atoms with Crippen LogP contribution in [0.5, 0.6) is 5.75 Å². The number of carboxylic acid groups (broad SMARTS) is 1. The Morgan fingerprint density at radius 2 is 2.00 bits per heavy atom. The number of esters is 1. The Bertz CT molecular complexity index is 790. The molecule has 0 saturated carbocycles. The van der Waals surface area contributed by atoms with E-state index in [2.05, 4.69) is 0 Å². The van der Waals surface area contributed by atoms with Crippen LogP contribution in [0.25, 0.3) is 0 Å². The summed E-state index contributed by atoms with van der Waals surface area (Å²) >= 11 is 0. The largest absolute Gasteiger partial charge is 0.495 e. The second kappa shape index (κ2) is 8.05.